The molecule has 0 heterocycles. The van der Waals surface area contributed by atoms with Gasteiger partial charge in [-0.25, -0.2) is 0 Å². The minimum atomic E-state index is -0.0671. The standard InChI is InChI=1S/C8H20Ge/c1-7(2)5-9-6-8(3)4/h7-8H,5-6,9H2,1-4H3. The molecule has 0 radical (unpaired) electrons. The minimum absolute atomic E-state index is 0.0671. The van der Waals surface area contributed by atoms with Gasteiger partial charge >= 0.3 is 65.5 Å². The third kappa shape index (κ3) is 8.54. The zero-order valence-electron chi connectivity index (χ0n) is 7.28. The van der Waals surface area contributed by atoms with Crippen LogP contribution in [0.15, 0.2) is 0 Å². The molecular weight excluding hydrogens is 169 g/mol. The topological polar surface area (TPSA) is 0 Å². The van der Waals surface area contributed by atoms with E-state index in [0.717, 1.165) is 11.8 Å². The molecule has 0 aromatic carbocycles. The molecule has 0 spiro atoms. The SMILES string of the molecule is CC(C)[CH2][GeH2][CH2]C(C)C. The van der Waals surface area contributed by atoms with Gasteiger partial charge in [-0.2, -0.15) is 0 Å². The summed E-state index contributed by atoms with van der Waals surface area (Å²) in [5, 5.41) is 3.18. The van der Waals surface area contributed by atoms with Crippen molar-refractivity contribution in [3.63, 3.8) is 0 Å². The van der Waals surface area contributed by atoms with Gasteiger partial charge in [0.1, 0.15) is 0 Å². The van der Waals surface area contributed by atoms with Crippen molar-refractivity contribution in [1.29, 1.82) is 0 Å². The van der Waals surface area contributed by atoms with Gasteiger partial charge in [-0.3, -0.25) is 0 Å². The van der Waals surface area contributed by atoms with Crippen molar-refractivity contribution in [1.82, 2.24) is 0 Å². The Bertz CT molecular complexity index is 49.6. The van der Waals surface area contributed by atoms with Crippen LogP contribution >= 0.6 is 0 Å². The van der Waals surface area contributed by atoms with Gasteiger partial charge in [-0.1, -0.05) is 0 Å². The third-order valence-corrected chi connectivity index (χ3v) is 8.12. The van der Waals surface area contributed by atoms with Crippen LogP contribution in [0.1, 0.15) is 27.7 Å². The Morgan fingerprint density at radius 2 is 1.22 bits per heavy atom. The maximum absolute atomic E-state index is 2.34. The molecule has 0 aromatic heterocycles. The Morgan fingerprint density at radius 1 is 0.889 bits per heavy atom. The van der Waals surface area contributed by atoms with Crippen LogP contribution in [-0.2, 0) is 0 Å². The molecule has 56 valence electrons. The van der Waals surface area contributed by atoms with Crippen molar-refractivity contribution in [2.45, 2.75) is 38.2 Å². The van der Waals surface area contributed by atoms with Crippen LogP contribution in [0.2, 0.25) is 10.5 Å². The van der Waals surface area contributed by atoms with Gasteiger partial charge in [0, 0.05) is 0 Å². The van der Waals surface area contributed by atoms with Crippen LogP contribution < -0.4 is 0 Å². The third-order valence-electron chi connectivity index (χ3n) is 1.56. The van der Waals surface area contributed by atoms with Crippen molar-refractivity contribution in [3.8, 4) is 0 Å². The fraction of sp³-hybridized carbons (Fsp3) is 1.00. The second kappa shape index (κ2) is 5.34. The molecule has 0 saturated heterocycles. The van der Waals surface area contributed by atoms with Gasteiger partial charge in [-0.05, 0) is 0 Å². The molecule has 0 saturated carbocycles. The van der Waals surface area contributed by atoms with Crippen LogP contribution in [0.4, 0.5) is 0 Å². The van der Waals surface area contributed by atoms with E-state index in [1.165, 1.54) is 0 Å². The second-order valence-electron chi connectivity index (χ2n) is 3.72. The zero-order valence-corrected chi connectivity index (χ0v) is 10.2. The maximum atomic E-state index is 2.34. The molecule has 0 aromatic rings. The molecule has 0 aliphatic heterocycles. The Kier molecular flexibility index (Phi) is 5.66. The molecule has 0 aliphatic rings. The second-order valence-corrected chi connectivity index (χ2v) is 7.62. The predicted octanol–water partition coefficient (Wildman–Crippen LogP) is 2.30. The van der Waals surface area contributed by atoms with E-state index in [1.807, 2.05) is 0 Å². The average Bonchev–Trinajstić information content (AvgIpc) is 1.63. The molecule has 0 aliphatic carbocycles. The molecular formula is C8H20Ge. The first kappa shape index (κ1) is 9.54. The number of hydrogen-bond donors (Lipinski definition) is 0. The molecule has 0 atom stereocenters. The van der Waals surface area contributed by atoms with Gasteiger partial charge in [-0.15, -0.1) is 0 Å². The van der Waals surface area contributed by atoms with E-state index in [2.05, 4.69) is 27.7 Å². The normalized spacial score (nSPS) is 11.3. The van der Waals surface area contributed by atoms with Crippen LogP contribution in [0, 0.1) is 11.8 Å². The molecule has 9 heavy (non-hydrogen) atoms. The molecule has 1 heteroatoms. The Hall–Kier alpha value is 0.543. The van der Waals surface area contributed by atoms with Gasteiger partial charge in [0.05, 0.1) is 0 Å². The van der Waals surface area contributed by atoms with E-state index >= 15 is 0 Å². The van der Waals surface area contributed by atoms with E-state index in [1.54, 1.807) is 10.5 Å². The Morgan fingerprint density at radius 3 is 1.44 bits per heavy atom. The van der Waals surface area contributed by atoms with Gasteiger partial charge in [0.25, 0.3) is 0 Å². The number of rotatable bonds is 4. The fourth-order valence-electron chi connectivity index (χ4n) is 0.934. The van der Waals surface area contributed by atoms with Crippen LogP contribution in [0.3, 0.4) is 0 Å². The Balaban J connectivity index is 2.91. The summed E-state index contributed by atoms with van der Waals surface area (Å²) < 4.78 is 0. The summed E-state index contributed by atoms with van der Waals surface area (Å²) in [7, 11) is 0. The monoisotopic (exact) mass is 190 g/mol. The van der Waals surface area contributed by atoms with Gasteiger partial charge < -0.3 is 0 Å². The van der Waals surface area contributed by atoms with Crippen LogP contribution in [-0.4, -0.2) is 15.4 Å². The first-order valence-corrected chi connectivity index (χ1v) is 8.32. The van der Waals surface area contributed by atoms with E-state index in [9.17, 15) is 0 Å². The summed E-state index contributed by atoms with van der Waals surface area (Å²) in [4.78, 5) is 0. The van der Waals surface area contributed by atoms with Crippen LogP contribution in [0.25, 0.3) is 0 Å². The molecule has 0 bridgehead atoms. The average molecular weight is 189 g/mol. The van der Waals surface area contributed by atoms with Crippen molar-refractivity contribution < 1.29 is 0 Å². The fourth-order valence-corrected chi connectivity index (χ4v) is 4.86. The van der Waals surface area contributed by atoms with Crippen molar-refractivity contribution in [3.05, 3.63) is 0 Å². The van der Waals surface area contributed by atoms with Gasteiger partial charge in [0.2, 0.25) is 0 Å². The molecule has 0 unspecified atom stereocenters. The molecule has 0 rings (SSSR count). The summed E-state index contributed by atoms with van der Waals surface area (Å²) in [5.41, 5.74) is 0. The summed E-state index contributed by atoms with van der Waals surface area (Å²) in [6.45, 7) is 9.36. The summed E-state index contributed by atoms with van der Waals surface area (Å²) in [6.07, 6.45) is 0. The molecule has 0 amide bonds. The molecule has 0 nitrogen and oxygen atoms in total. The molecule has 0 N–H and O–H groups in total. The van der Waals surface area contributed by atoms with E-state index in [4.69, 9.17) is 0 Å². The first-order valence-electron chi connectivity index (χ1n) is 4.13. The zero-order chi connectivity index (χ0) is 7.28. The predicted molar refractivity (Wildman–Crippen MR) is 47.8 cm³/mol. The number of hydrogen-bond acceptors (Lipinski definition) is 0. The van der Waals surface area contributed by atoms with E-state index < -0.39 is 0 Å². The summed E-state index contributed by atoms with van der Waals surface area (Å²) in [6, 6.07) is 0. The van der Waals surface area contributed by atoms with Crippen molar-refractivity contribution >= 4 is 15.4 Å². The first-order chi connectivity index (χ1) is 4.13. The van der Waals surface area contributed by atoms with Crippen molar-refractivity contribution in [2.75, 3.05) is 0 Å². The van der Waals surface area contributed by atoms with E-state index in [-0.39, 0.29) is 15.4 Å². The van der Waals surface area contributed by atoms with E-state index in [0.29, 0.717) is 0 Å². The summed E-state index contributed by atoms with van der Waals surface area (Å²) in [5.74, 6) is 1.95. The molecule has 0 fully saturated rings. The van der Waals surface area contributed by atoms with Crippen LogP contribution in [0.5, 0.6) is 0 Å². The van der Waals surface area contributed by atoms with Crippen molar-refractivity contribution in [2.24, 2.45) is 11.8 Å². The Labute approximate surface area is 65.9 Å². The summed E-state index contributed by atoms with van der Waals surface area (Å²) >= 11 is -0.0671. The quantitative estimate of drug-likeness (QED) is 0.595. The van der Waals surface area contributed by atoms with Gasteiger partial charge in [0.15, 0.2) is 0 Å².